The molecule has 0 fully saturated rings. The van der Waals surface area contributed by atoms with E-state index in [0.717, 1.165) is 13.0 Å². The summed E-state index contributed by atoms with van der Waals surface area (Å²) in [6.45, 7) is 0.800. The molecular formula is C9H7BrF4O. The molecule has 6 heteroatoms. The number of hydrogen-bond donors (Lipinski definition) is 1. The molecule has 1 unspecified atom stereocenters. The summed E-state index contributed by atoms with van der Waals surface area (Å²) in [6.07, 6.45) is 0. The second-order valence-corrected chi connectivity index (χ2v) is 4.19. The third kappa shape index (κ3) is 2.31. The normalized spacial score (nSPS) is 16.2. The summed E-state index contributed by atoms with van der Waals surface area (Å²) in [5.74, 6) is -2.45. The molecule has 0 saturated carbocycles. The Bertz CT molecular complexity index is 373. The van der Waals surface area contributed by atoms with Crippen LogP contribution in [0.2, 0.25) is 0 Å². The molecule has 1 N–H and O–H groups in total. The molecule has 1 rings (SSSR count). The van der Waals surface area contributed by atoms with Gasteiger partial charge in [0.15, 0.2) is 17.2 Å². The highest BCUT2D eigenvalue weighted by molar-refractivity contribution is 9.10. The van der Waals surface area contributed by atoms with Gasteiger partial charge in [-0.1, -0.05) is 6.07 Å². The van der Waals surface area contributed by atoms with Gasteiger partial charge in [-0.15, -0.1) is 0 Å². The highest BCUT2D eigenvalue weighted by atomic mass is 79.9. The Morgan fingerprint density at radius 2 is 1.73 bits per heavy atom. The van der Waals surface area contributed by atoms with Crippen molar-refractivity contribution in [2.75, 3.05) is 0 Å². The van der Waals surface area contributed by atoms with Crippen molar-refractivity contribution in [3.05, 3.63) is 35.4 Å². The summed E-state index contributed by atoms with van der Waals surface area (Å²) in [6, 6.07) is 2.11. The fourth-order valence-corrected chi connectivity index (χ4v) is 1.19. The van der Waals surface area contributed by atoms with Gasteiger partial charge in [0.2, 0.25) is 0 Å². The Morgan fingerprint density at radius 1 is 1.20 bits per heavy atom. The summed E-state index contributed by atoms with van der Waals surface area (Å²) in [5, 5.41) is 9.45. The summed E-state index contributed by atoms with van der Waals surface area (Å²) in [7, 11) is 0. The minimum absolute atomic E-state index is 0.414. The SMILES string of the molecule is CC(O)(c1ccc(F)c(F)c1)C(F)(F)Br. The molecule has 0 saturated heterocycles. The Labute approximate surface area is 91.9 Å². The van der Waals surface area contributed by atoms with Crippen molar-refractivity contribution < 1.29 is 22.7 Å². The standard InChI is InChI=1S/C9H7BrF4O/c1-8(15,9(10,13)14)5-2-3-6(11)7(12)4-5/h2-4,15H,1H3. The van der Waals surface area contributed by atoms with E-state index in [9.17, 15) is 22.7 Å². The van der Waals surface area contributed by atoms with Crippen LogP contribution in [0, 0.1) is 11.6 Å². The van der Waals surface area contributed by atoms with E-state index in [2.05, 4.69) is 0 Å². The molecule has 1 aromatic carbocycles. The van der Waals surface area contributed by atoms with Gasteiger partial charge in [-0.2, -0.15) is 8.78 Å². The van der Waals surface area contributed by atoms with Crippen LogP contribution in [0.15, 0.2) is 18.2 Å². The van der Waals surface area contributed by atoms with E-state index in [-0.39, 0.29) is 0 Å². The van der Waals surface area contributed by atoms with Crippen LogP contribution in [0.25, 0.3) is 0 Å². The van der Waals surface area contributed by atoms with E-state index in [1.807, 2.05) is 15.9 Å². The molecule has 0 radical (unpaired) electrons. The van der Waals surface area contributed by atoms with E-state index in [1.54, 1.807) is 0 Å². The molecule has 0 amide bonds. The lowest BCUT2D eigenvalue weighted by Crippen LogP contribution is -2.38. The fraction of sp³-hybridized carbons (Fsp3) is 0.333. The maximum atomic E-state index is 12.9. The van der Waals surface area contributed by atoms with Crippen molar-refractivity contribution in [2.45, 2.75) is 17.4 Å². The maximum Gasteiger partial charge on any atom is 0.333 e. The molecule has 15 heavy (non-hydrogen) atoms. The fourth-order valence-electron chi connectivity index (χ4n) is 0.963. The Hall–Kier alpha value is -0.620. The molecule has 0 bridgehead atoms. The summed E-state index contributed by atoms with van der Waals surface area (Å²) < 4.78 is 51.0. The first-order chi connectivity index (χ1) is 6.66. The first-order valence-electron chi connectivity index (χ1n) is 3.91. The molecule has 1 aromatic rings. The molecule has 0 heterocycles. The van der Waals surface area contributed by atoms with Crippen molar-refractivity contribution in [3.8, 4) is 0 Å². The molecule has 0 aromatic heterocycles. The van der Waals surface area contributed by atoms with Gasteiger partial charge in [0.25, 0.3) is 0 Å². The van der Waals surface area contributed by atoms with E-state index in [0.29, 0.717) is 12.1 Å². The lowest BCUT2D eigenvalue weighted by molar-refractivity contribution is -0.109. The van der Waals surface area contributed by atoms with E-state index < -0.39 is 27.6 Å². The van der Waals surface area contributed by atoms with E-state index in [1.165, 1.54) is 0 Å². The van der Waals surface area contributed by atoms with Crippen molar-refractivity contribution in [2.24, 2.45) is 0 Å². The molecule has 0 aliphatic carbocycles. The monoisotopic (exact) mass is 286 g/mol. The minimum Gasteiger partial charge on any atom is -0.378 e. The zero-order valence-electron chi connectivity index (χ0n) is 7.57. The second kappa shape index (κ2) is 3.75. The lowest BCUT2D eigenvalue weighted by Gasteiger charge is -2.28. The van der Waals surface area contributed by atoms with Crippen LogP contribution in [0.4, 0.5) is 17.6 Å². The smallest absolute Gasteiger partial charge is 0.333 e. The number of aliphatic hydroxyl groups is 1. The molecule has 0 aliphatic heterocycles. The zero-order chi connectivity index (χ0) is 11.9. The summed E-state index contributed by atoms with van der Waals surface area (Å²) in [4.78, 5) is -3.63. The van der Waals surface area contributed by atoms with Crippen molar-refractivity contribution >= 4 is 15.9 Å². The van der Waals surface area contributed by atoms with E-state index >= 15 is 0 Å². The Morgan fingerprint density at radius 3 is 2.13 bits per heavy atom. The molecule has 1 atom stereocenters. The number of alkyl halides is 3. The van der Waals surface area contributed by atoms with Crippen LogP contribution in [0.5, 0.6) is 0 Å². The summed E-state index contributed by atoms with van der Waals surface area (Å²) >= 11 is 1.98. The van der Waals surface area contributed by atoms with Crippen LogP contribution in [-0.4, -0.2) is 9.94 Å². The number of halogens is 5. The van der Waals surface area contributed by atoms with Gasteiger partial charge in [-0.05, 0) is 40.5 Å². The van der Waals surface area contributed by atoms with Crippen LogP contribution in [0.3, 0.4) is 0 Å². The largest absolute Gasteiger partial charge is 0.378 e. The van der Waals surface area contributed by atoms with Gasteiger partial charge in [-0.3, -0.25) is 0 Å². The first-order valence-corrected chi connectivity index (χ1v) is 4.70. The first kappa shape index (κ1) is 12.4. The highest BCUT2D eigenvalue weighted by Gasteiger charge is 2.48. The predicted octanol–water partition coefficient (Wildman–Crippen LogP) is 3.16. The van der Waals surface area contributed by atoms with E-state index in [4.69, 9.17) is 0 Å². The van der Waals surface area contributed by atoms with Crippen LogP contribution in [0.1, 0.15) is 12.5 Å². The molecule has 0 aliphatic rings. The predicted molar refractivity (Wildman–Crippen MR) is 49.8 cm³/mol. The highest BCUT2D eigenvalue weighted by Crippen LogP contribution is 2.42. The van der Waals surface area contributed by atoms with Gasteiger partial charge in [0.1, 0.15) is 0 Å². The van der Waals surface area contributed by atoms with Crippen molar-refractivity contribution in [3.63, 3.8) is 0 Å². The third-order valence-electron chi connectivity index (χ3n) is 2.03. The summed E-state index contributed by atoms with van der Waals surface area (Å²) in [5.41, 5.74) is -3.02. The lowest BCUT2D eigenvalue weighted by atomic mass is 9.96. The van der Waals surface area contributed by atoms with Gasteiger partial charge >= 0.3 is 4.83 Å². The number of hydrogen-bond acceptors (Lipinski definition) is 1. The van der Waals surface area contributed by atoms with Gasteiger partial charge in [-0.25, -0.2) is 8.78 Å². The Balaban J connectivity index is 3.22. The van der Waals surface area contributed by atoms with Crippen LogP contribution in [-0.2, 0) is 5.60 Å². The molecule has 0 spiro atoms. The molecule has 84 valence electrons. The Kier molecular flexibility index (Phi) is 3.11. The van der Waals surface area contributed by atoms with Gasteiger partial charge in [0.05, 0.1) is 0 Å². The third-order valence-corrected chi connectivity index (χ3v) is 2.81. The average molecular weight is 287 g/mol. The topological polar surface area (TPSA) is 20.2 Å². The van der Waals surface area contributed by atoms with Crippen LogP contribution < -0.4 is 0 Å². The number of rotatable bonds is 2. The minimum atomic E-state index is -3.63. The maximum absolute atomic E-state index is 12.9. The molecular weight excluding hydrogens is 280 g/mol. The van der Waals surface area contributed by atoms with Crippen molar-refractivity contribution in [1.82, 2.24) is 0 Å². The second-order valence-electron chi connectivity index (χ2n) is 3.20. The van der Waals surface area contributed by atoms with Crippen LogP contribution >= 0.6 is 15.9 Å². The van der Waals surface area contributed by atoms with Gasteiger partial charge < -0.3 is 5.11 Å². The zero-order valence-corrected chi connectivity index (χ0v) is 9.16. The quantitative estimate of drug-likeness (QED) is 0.654. The molecule has 1 nitrogen and oxygen atoms in total. The van der Waals surface area contributed by atoms with Crippen molar-refractivity contribution in [1.29, 1.82) is 0 Å². The average Bonchev–Trinajstić information content (AvgIpc) is 2.07. The van der Waals surface area contributed by atoms with Gasteiger partial charge in [0, 0.05) is 0 Å². The number of benzene rings is 1.